The fourth-order valence-corrected chi connectivity index (χ4v) is 1.04. The minimum Gasteiger partial charge on any atom is -0.289 e. The molecule has 1 aromatic heterocycles. The summed E-state index contributed by atoms with van der Waals surface area (Å²) < 4.78 is 2.23. The first-order valence-corrected chi connectivity index (χ1v) is 4.08. The Balaban J connectivity index is 2.77. The number of rotatable bonds is 2. The van der Waals surface area contributed by atoms with Gasteiger partial charge in [-0.2, -0.15) is 5.10 Å². The molecule has 0 saturated heterocycles. The zero-order chi connectivity index (χ0) is 9.14. The van der Waals surface area contributed by atoms with Gasteiger partial charge in [-0.1, -0.05) is 0 Å². The van der Waals surface area contributed by atoms with Crippen molar-refractivity contribution in [3.05, 3.63) is 16.9 Å². The second-order valence-corrected chi connectivity index (χ2v) is 3.21. The van der Waals surface area contributed by atoms with E-state index in [9.17, 15) is 4.79 Å². The van der Waals surface area contributed by atoms with E-state index in [4.69, 9.17) is 5.21 Å². The van der Waals surface area contributed by atoms with Crippen LogP contribution in [0.15, 0.2) is 16.9 Å². The van der Waals surface area contributed by atoms with Crippen LogP contribution in [-0.2, 0) is 4.79 Å². The second-order valence-electron chi connectivity index (χ2n) is 2.29. The summed E-state index contributed by atoms with van der Waals surface area (Å²) in [5.74, 6) is -0.495. The van der Waals surface area contributed by atoms with E-state index in [-0.39, 0.29) is 0 Å². The molecule has 12 heavy (non-hydrogen) atoms. The lowest BCUT2D eigenvalue weighted by Gasteiger charge is -2.08. The highest BCUT2D eigenvalue weighted by molar-refractivity contribution is 9.10. The van der Waals surface area contributed by atoms with Crippen molar-refractivity contribution < 1.29 is 10.0 Å². The average molecular weight is 234 g/mol. The Morgan fingerprint density at radius 1 is 1.92 bits per heavy atom. The Hall–Kier alpha value is -0.880. The van der Waals surface area contributed by atoms with Crippen LogP contribution in [0.5, 0.6) is 0 Å². The molecule has 5 nitrogen and oxygen atoms in total. The van der Waals surface area contributed by atoms with Gasteiger partial charge < -0.3 is 0 Å². The molecule has 0 fully saturated rings. The first kappa shape index (κ1) is 9.21. The molecule has 1 unspecified atom stereocenters. The lowest BCUT2D eigenvalue weighted by molar-refractivity contribution is -0.132. The van der Waals surface area contributed by atoms with Crippen molar-refractivity contribution >= 4 is 21.8 Å². The van der Waals surface area contributed by atoms with E-state index in [1.807, 2.05) is 0 Å². The molecule has 6 heteroatoms. The smallest absolute Gasteiger partial charge is 0.267 e. The quantitative estimate of drug-likeness (QED) is 0.585. The predicted octanol–water partition coefficient (Wildman–Crippen LogP) is 0.712. The molecule has 0 aliphatic heterocycles. The van der Waals surface area contributed by atoms with Crippen LogP contribution in [0, 0.1) is 0 Å². The van der Waals surface area contributed by atoms with Crippen LogP contribution in [0.1, 0.15) is 13.0 Å². The third kappa shape index (κ3) is 1.83. The predicted molar refractivity (Wildman–Crippen MR) is 44.6 cm³/mol. The van der Waals surface area contributed by atoms with Gasteiger partial charge in [0.2, 0.25) is 0 Å². The number of hydroxylamine groups is 1. The van der Waals surface area contributed by atoms with E-state index in [2.05, 4.69) is 21.0 Å². The van der Waals surface area contributed by atoms with Gasteiger partial charge in [-0.25, -0.2) is 5.48 Å². The van der Waals surface area contributed by atoms with Gasteiger partial charge in [0.25, 0.3) is 5.91 Å². The van der Waals surface area contributed by atoms with Crippen molar-refractivity contribution in [1.29, 1.82) is 0 Å². The minimum atomic E-state index is -0.513. The lowest BCUT2D eigenvalue weighted by atomic mass is 10.3. The standard InChI is InChI=1S/C6H8BrN3O2/c1-4(6(11)9-12)10-3-5(7)2-8-10/h2-4,12H,1H3,(H,9,11). The Morgan fingerprint density at radius 2 is 2.58 bits per heavy atom. The van der Waals surface area contributed by atoms with Crippen molar-refractivity contribution in [3.8, 4) is 0 Å². The van der Waals surface area contributed by atoms with Gasteiger partial charge in [0.1, 0.15) is 6.04 Å². The van der Waals surface area contributed by atoms with Gasteiger partial charge in [0, 0.05) is 6.20 Å². The van der Waals surface area contributed by atoms with Crippen molar-refractivity contribution in [2.24, 2.45) is 0 Å². The summed E-state index contributed by atoms with van der Waals surface area (Å²) in [7, 11) is 0. The summed E-state index contributed by atoms with van der Waals surface area (Å²) >= 11 is 3.19. The van der Waals surface area contributed by atoms with Gasteiger partial charge in [0.05, 0.1) is 10.7 Å². The van der Waals surface area contributed by atoms with Crippen LogP contribution in [-0.4, -0.2) is 20.9 Å². The Labute approximate surface area is 77.5 Å². The van der Waals surface area contributed by atoms with Crippen molar-refractivity contribution in [1.82, 2.24) is 15.3 Å². The zero-order valence-corrected chi connectivity index (χ0v) is 7.95. The highest BCUT2D eigenvalue weighted by atomic mass is 79.9. The molecule has 0 aliphatic carbocycles. The van der Waals surface area contributed by atoms with Gasteiger partial charge in [0.15, 0.2) is 0 Å². The van der Waals surface area contributed by atoms with Gasteiger partial charge in [-0.15, -0.1) is 0 Å². The van der Waals surface area contributed by atoms with Gasteiger partial charge in [-0.3, -0.25) is 14.7 Å². The molecule has 1 heterocycles. The van der Waals surface area contributed by atoms with Crippen LogP contribution < -0.4 is 5.48 Å². The van der Waals surface area contributed by atoms with E-state index in [0.29, 0.717) is 0 Å². The molecule has 0 saturated carbocycles. The number of hydrogen-bond donors (Lipinski definition) is 2. The zero-order valence-electron chi connectivity index (χ0n) is 6.36. The maximum absolute atomic E-state index is 10.9. The Morgan fingerprint density at radius 3 is 3.00 bits per heavy atom. The number of nitrogens with one attached hydrogen (secondary N) is 1. The summed E-state index contributed by atoms with van der Waals surface area (Å²) in [4.78, 5) is 10.9. The molecule has 0 bridgehead atoms. The maximum atomic E-state index is 10.9. The van der Waals surface area contributed by atoms with Crippen LogP contribution in [0.3, 0.4) is 0 Å². The average Bonchev–Trinajstić information content (AvgIpc) is 2.49. The van der Waals surface area contributed by atoms with Crippen LogP contribution in [0.2, 0.25) is 0 Å². The first-order valence-electron chi connectivity index (χ1n) is 3.28. The third-order valence-corrected chi connectivity index (χ3v) is 1.87. The molecule has 0 aliphatic rings. The molecule has 0 aromatic carbocycles. The highest BCUT2D eigenvalue weighted by Crippen LogP contribution is 2.11. The first-order chi connectivity index (χ1) is 5.65. The number of hydrogen-bond acceptors (Lipinski definition) is 3. The topological polar surface area (TPSA) is 67.2 Å². The molecule has 1 rings (SSSR count). The molecule has 66 valence electrons. The number of carbonyl (C=O) groups excluding carboxylic acids is 1. The molecule has 1 atom stereocenters. The SMILES string of the molecule is CC(C(=O)NO)n1cc(Br)cn1. The van der Waals surface area contributed by atoms with E-state index in [0.717, 1.165) is 4.47 Å². The molecule has 2 N–H and O–H groups in total. The summed E-state index contributed by atoms with van der Waals surface area (Å²) in [6, 6.07) is -0.513. The lowest BCUT2D eigenvalue weighted by Crippen LogP contribution is -2.28. The largest absolute Gasteiger partial charge is 0.289 e. The molecule has 0 spiro atoms. The number of aromatic nitrogens is 2. The fraction of sp³-hybridized carbons (Fsp3) is 0.333. The number of amides is 1. The highest BCUT2D eigenvalue weighted by Gasteiger charge is 2.14. The maximum Gasteiger partial charge on any atom is 0.267 e. The van der Waals surface area contributed by atoms with Crippen molar-refractivity contribution in [3.63, 3.8) is 0 Å². The molecule has 1 amide bonds. The summed E-state index contributed by atoms with van der Waals surface area (Å²) in [6.07, 6.45) is 3.22. The summed E-state index contributed by atoms with van der Waals surface area (Å²) in [5, 5.41) is 12.2. The number of nitrogens with zero attached hydrogens (tertiary/aromatic N) is 2. The molecular weight excluding hydrogens is 226 g/mol. The summed E-state index contributed by atoms with van der Waals surface area (Å²) in [6.45, 7) is 1.63. The van der Waals surface area contributed by atoms with Gasteiger partial charge in [-0.05, 0) is 22.9 Å². The Bertz CT molecular complexity index is 286. The van der Waals surface area contributed by atoms with E-state index < -0.39 is 11.9 Å². The normalized spacial score (nSPS) is 12.6. The number of carbonyl (C=O) groups is 1. The Kier molecular flexibility index (Phi) is 2.83. The molecule has 1 aromatic rings. The second kappa shape index (κ2) is 3.68. The van der Waals surface area contributed by atoms with E-state index in [1.54, 1.807) is 24.8 Å². The summed E-state index contributed by atoms with van der Waals surface area (Å²) in [5.41, 5.74) is 1.56. The van der Waals surface area contributed by atoms with Crippen LogP contribution >= 0.6 is 15.9 Å². The van der Waals surface area contributed by atoms with Crippen LogP contribution in [0.25, 0.3) is 0 Å². The fourth-order valence-electron chi connectivity index (χ4n) is 0.740. The van der Waals surface area contributed by atoms with E-state index in [1.165, 1.54) is 4.68 Å². The van der Waals surface area contributed by atoms with Crippen LogP contribution in [0.4, 0.5) is 0 Å². The van der Waals surface area contributed by atoms with Gasteiger partial charge >= 0.3 is 0 Å². The minimum absolute atomic E-state index is 0.495. The van der Waals surface area contributed by atoms with E-state index >= 15 is 0 Å². The number of halogens is 1. The molecular formula is C6H8BrN3O2. The van der Waals surface area contributed by atoms with Crippen molar-refractivity contribution in [2.45, 2.75) is 13.0 Å². The molecule has 0 radical (unpaired) electrons. The van der Waals surface area contributed by atoms with Crippen molar-refractivity contribution in [2.75, 3.05) is 0 Å². The monoisotopic (exact) mass is 233 g/mol. The third-order valence-electron chi connectivity index (χ3n) is 1.46.